The summed E-state index contributed by atoms with van der Waals surface area (Å²) in [6.07, 6.45) is 28.8. The molecule has 0 saturated heterocycles. The summed E-state index contributed by atoms with van der Waals surface area (Å²) in [6.45, 7) is 4.55. The molecule has 0 fully saturated rings. The van der Waals surface area contributed by atoms with E-state index in [9.17, 15) is 0 Å². The Morgan fingerprint density at radius 2 is 0.917 bits per heavy atom. The molecule has 2 rings (SSSR count). The van der Waals surface area contributed by atoms with Crippen LogP contribution in [-0.4, -0.2) is 4.86 Å². The van der Waals surface area contributed by atoms with Crippen LogP contribution in [0, 0.1) is 0 Å². The molecule has 0 saturated carbocycles. The smallest absolute Gasteiger partial charge is 0.0449 e. The van der Waals surface area contributed by atoms with E-state index >= 15 is 0 Å². The van der Waals surface area contributed by atoms with Gasteiger partial charge in [0.05, 0.1) is 0 Å². The third kappa shape index (κ3) is 14.1. The first kappa shape index (κ1) is 30.5. The topological polar surface area (TPSA) is 0 Å². The summed E-state index contributed by atoms with van der Waals surface area (Å²) >= 11 is 5.67. The molecule has 0 N–H and O–H groups in total. The molecule has 2 aromatic rings. The molecule has 36 heavy (non-hydrogen) atoms. The van der Waals surface area contributed by atoms with Gasteiger partial charge >= 0.3 is 0 Å². The average Bonchev–Trinajstić information content (AvgIpc) is 2.91. The van der Waals surface area contributed by atoms with Gasteiger partial charge < -0.3 is 0 Å². The van der Waals surface area contributed by atoms with E-state index in [4.69, 9.17) is 12.2 Å². The minimum absolute atomic E-state index is 0.912. The van der Waals surface area contributed by atoms with Crippen LogP contribution in [0.5, 0.6) is 0 Å². The van der Waals surface area contributed by atoms with E-state index < -0.39 is 0 Å². The van der Waals surface area contributed by atoms with Gasteiger partial charge in [0.15, 0.2) is 0 Å². The van der Waals surface area contributed by atoms with E-state index in [1.807, 2.05) is 0 Å². The first-order valence-corrected chi connectivity index (χ1v) is 15.5. The van der Waals surface area contributed by atoms with Crippen LogP contribution in [-0.2, 0) is 12.8 Å². The van der Waals surface area contributed by atoms with Crippen LogP contribution in [0.15, 0.2) is 54.6 Å². The fourth-order valence-corrected chi connectivity index (χ4v) is 5.03. The van der Waals surface area contributed by atoms with Crippen LogP contribution in [0.3, 0.4) is 0 Å². The zero-order chi connectivity index (χ0) is 25.7. The molecule has 0 aromatic heterocycles. The van der Waals surface area contributed by atoms with Gasteiger partial charge in [0.25, 0.3) is 0 Å². The number of rotatable bonds is 21. The predicted octanol–water partition coefficient (Wildman–Crippen LogP) is 11.5. The van der Waals surface area contributed by atoms with Gasteiger partial charge in [-0.2, -0.15) is 0 Å². The van der Waals surface area contributed by atoms with Gasteiger partial charge in [0.2, 0.25) is 0 Å². The van der Waals surface area contributed by atoms with Crippen molar-refractivity contribution in [2.24, 2.45) is 0 Å². The van der Waals surface area contributed by atoms with Crippen molar-refractivity contribution < 1.29 is 0 Å². The van der Waals surface area contributed by atoms with Crippen LogP contribution in [0.2, 0.25) is 0 Å². The maximum Gasteiger partial charge on any atom is 0.0449 e. The maximum absolute atomic E-state index is 5.67. The highest BCUT2D eigenvalue weighted by Crippen LogP contribution is 2.15. The summed E-state index contributed by atoms with van der Waals surface area (Å²) in [5, 5.41) is 0. The van der Waals surface area contributed by atoms with Gasteiger partial charge in [-0.15, -0.1) is 0 Å². The Hall–Kier alpha value is -1.73. The van der Waals surface area contributed by atoms with Gasteiger partial charge in [0.1, 0.15) is 0 Å². The summed E-state index contributed by atoms with van der Waals surface area (Å²) in [6, 6.07) is 17.8. The van der Waals surface area contributed by atoms with Crippen LogP contribution in [0.25, 0.3) is 6.08 Å². The quantitative estimate of drug-likeness (QED) is 0.0705. The highest BCUT2D eigenvalue weighted by molar-refractivity contribution is 7.81. The van der Waals surface area contributed by atoms with Crippen molar-refractivity contribution in [1.29, 1.82) is 0 Å². The zero-order valence-electron chi connectivity index (χ0n) is 23.4. The lowest BCUT2D eigenvalue weighted by Crippen LogP contribution is -1.94. The SMILES string of the molecule is CCCCCCCCCCCCCCCc1ccc(C(=S)C=Cc2ccc(CCCCC)cc2)cc1. The first-order chi connectivity index (χ1) is 17.7. The number of unbranched alkanes of at least 4 members (excludes halogenated alkanes) is 14. The van der Waals surface area contributed by atoms with Crippen molar-refractivity contribution >= 4 is 23.2 Å². The minimum atomic E-state index is 0.912. The second-order valence-electron chi connectivity index (χ2n) is 10.6. The van der Waals surface area contributed by atoms with Crippen molar-refractivity contribution in [1.82, 2.24) is 0 Å². The van der Waals surface area contributed by atoms with Crippen LogP contribution in [0.1, 0.15) is 139 Å². The summed E-state index contributed by atoms with van der Waals surface area (Å²) in [4.78, 5) is 0.912. The van der Waals surface area contributed by atoms with E-state index in [0.717, 1.165) is 10.4 Å². The summed E-state index contributed by atoms with van der Waals surface area (Å²) in [5.74, 6) is 0. The van der Waals surface area contributed by atoms with Gasteiger partial charge in [-0.3, -0.25) is 0 Å². The summed E-state index contributed by atoms with van der Waals surface area (Å²) in [7, 11) is 0. The molecule has 0 aliphatic heterocycles. The Kier molecular flexibility index (Phi) is 17.2. The standard InChI is InChI=1S/C35H52S/c1-3-5-7-8-9-10-11-12-13-14-15-16-18-20-32-25-28-34(29-26-32)35(36)30-27-33-23-21-31(22-24-33)19-17-6-4-2/h21-30H,3-20H2,1-2H3. The monoisotopic (exact) mass is 504 g/mol. The second kappa shape index (κ2) is 20.3. The third-order valence-corrected chi connectivity index (χ3v) is 7.66. The molecule has 0 unspecified atom stereocenters. The number of hydrogen-bond acceptors (Lipinski definition) is 1. The number of hydrogen-bond donors (Lipinski definition) is 0. The molecule has 1 heteroatoms. The third-order valence-electron chi connectivity index (χ3n) is 7.28. The van der Waals surface area contributed by atoms with Gasteiger partial charge in [-0.1, -0.05) is 171 Å². The Bertz CT molecular complexity index is 828. The first-order valence-electron chi connectivity index (χ1n) is 15.1. The lowest BCUT2D eigenvalue weighted by molar-refractivity contribution is 0.539. The largest absolute Gasteiger partial charge is 0.0795 e. The molecule has 0 bridgehead atoms. The van der Waals surface area contributed by atoms with E-state index in [0.29, 0.717) is 0 Å². The Morgan fingerprint density at radius 3 is 1.42 bits per heavy atom. The molecule has 0 nitrogen and oxygen atoms in total. The van der Waals surface area contributed by atoms with E-state index in [1.165, 1.54) is 132 Å². The number of allylic oxidation sites excluding steroid dienone is 1. The predicted molar refractivity (Wildman–Crippen MR) is 166 cm³/mol. The van der Waals surface area contributed by atoms with Gasteiger partial charge in [0, 0.05) is 4.86 Å². The number of thiocarbonyl (C=S) groups is 1. The molecule has 0 aliphatic rings. The van der Waals surface area contributed by atoms with Gasteiger partial charge in [-0.25, -0.2) is 0 Å². The average molecular weight is 505 g/mol. The minimum Gasteiger partial charge on any atom is -0.0795 e. The molecule has 0 radical (unpaired) electrons. The molecule has 0 atom stereocenters. The Morgan fingerprint density at radius 1 is 0.528 bits per heavy atom. The molecule has 0 heterocycles. The molecule has 0 amide bonds. The lowest BCUT2D eigenvalue weighted by atomic mass is 10.0. The highest BCUT2D eigenvalue weighted by atomic mass is 32.1. The lowest BCUT2D eigenvalue weighted by Gasteiger charge is -2.05. The van der Waals surface area contributed by atoms with E-state index in [-0.39, 0.29) is 0 Å². The van der Waals surface area contributed by atoms with Crippen molar-refractivity contribution in [3.05, 3.63) is 76.9 Å². The van der Waals surface area contributed by atoms with Crippen molar-refractivity contribution in [2.75, 3.05) is 0 Å². The number of aryl methyl sites for hydroxylation is 2. The molecule has 0 aliphatic carbocycles. The molecule has 0 spiro atoms. The Labute approximate surface area is 229 Å². The van der Waals surface area contributed by atoms with Gasteiger partial charge in [-0.05, 0) is 54.0 Å². The summed E-state index contributed by atoms with van der Waals surface area (Å²) < 4.78 is 0. The molecular formula is C35H52S. The zero-order valence-corrected chi connectivity index (χ0v) is 24.2. The van der Waals surface area contributed by atoms with Crippen LogP contribution in [0.4, 0.5) is 0 Å². The maximum atomic E-state index is 5.67. The van der Waals surface area contributed by atoms with E-state index in [2.05, 4.69) is 74.5 Å². The van der Waals surface area contributed by atoms with E-state index in [1.54, 1.807) is 0 Å². The Balaban J connectivity index is 1.56. The van der Waals surface area contributed by atoms with Crippen LogP contribution >= 0.6 is 12.2 Å². The fraction of sp³-hybridized carbons (Fsp3) is 0.571. The fourth-order valence-electron chi connectivity index (χ4n) is 4.83. The molecule has 2 aromatic carbocycles. The van der Waals surface area contributed by atoms with Crippen molar-refractivity contribution in [2.45, 2.75) is 129 Å². The molecular weight excluding hydrogens is 452 g/mol. The van der Waals surface area contributed by atoms with Crippen LogP contribution < -0.4 is 0 Å². The molecule has 198 valence electrons. The van der Waals surface area contributed by atoms with Crippen molar-refractivity contribution in [3.63, 3.8) is 0 Å². The normalized spacial score (nSPS) is 11.4. The highest BCUT2D eigenvalue weighted by Gasteiger charge is 2.00. The van der Waals surface area contributed by atoms with Crippen molar-refractivity contribution in [3.8, 4) is 0 Å². The second-order valence-corrected chi connectivity index (χ2v) is 11.0. The number of benzene rings is 2. The summed E-state index contributed by atoms with van der Waals surface area (Å²) in [5.41, 5.74) is 5.23.